The molecule has 0 aliphatic heterocycles. The Morgan fingerprint density at radius 1 is 1.47 bits per heavy atom. The van der Waals surface area contributed by atoms with Crippen LogP contribution in [0.5, 0.6) is 5.75 Å². The van der Waals surface area contributed by atoms with Gasteiger partial charge in [0.05, 0.1) is 4.92 Å². The lowest BCUT2D eigenvalue weighted by molar-refractivity contribution is -0.385. The summed E-state index contributed by atoms with van der Waals surface area (Å²) in [6.07, 6.45) is 0.395. The van der Waals surface area contributed by atoms with Gasteiger partial charge in [-0.25, -0.2) is 0 Å². The summed E-state index contributed by atoms with van der Waals surface area (Å²) in [7, 11) is 0. The highest BCUT2D eigenvalue weighted by Crippen LogP contribution is 2.24. The van der Waals surface area contributed by atoms with Crippen LogP contribution in [0.3, 0.4) is 0 Å². The number of nitro benzene ring substituents is 1. The van der Waals surface area contributed by atoms with Gasteiger partial charge in [0, 0.05) is 25.8 Å². The van der Waals surface area contributed by atoms with Gasteiger partial charge in [-0.15, -0.1) is 0 Å². The van der Waals surface area contributed by atoms with Crippen molar-refractivity contribution in [2.45, 2.75) is 13.3 Å². The topological polar surface area (TPSA) is 104 Å². The lowest BCUT2D eigenvalue weighted by Gasteiger charge is -2.20. The quantitative estimate of drug-likeness (QED) is 0.594. The molecule has 1 aromatic carbocycles. The Balaban J connectivity index is 3.09. The number of aromatic hydroxyl groups is 1. The van der Waals surface area contributed by atoms with Crippen LogP contribution >= 0.6 is 0 Å². The van der Waals surface area contributed by atoms with Crippen LogP contribution in [-0.2, 0) is 0 Å². The van der Waals surface area contributed by atoms with E-state index in [1.807, 2.05) is 0 Å². The summed E-state index contributed by atoms with van der Waals surface area (Å²) in [5, 5.41) is 29.0. The van der Waals surface area contributed by atoms with Crippen molar-refractivity contribution in [1.82, 2.24) is 4.90 Å². The van der Waals surface area contributed by atoms with Crippen molar-refractivity contribution in [2.24, 2.45) is 0 Å². The van der Waals surface area contributed by atoms with Gasteiger partial charge in [-0.1, -0.05) is 0 Å². The lowest BCUT2D eigenvalue weighted by atomic mass is 10.1. The molecule has 2 N–H and O–H groups in total. The SMILES string of the molecule is CCN(CCCO)C(=O)c1cc(O)ccc1[N+](=O)[O-]. The largest absolute Gasteiger partial charge is 0.508 e. The molecule has 0 bridgehead atoms. The predicted molar refractivity (Wildman–Crippen MR) is 68.0 cm³/mol. The highest BCUT2D eigenvalue weighted by molar-refractivity contribution is 5.98. The van der Waals surface area contributed by atoms with E-state index in [4.69, 9.17) is 5.11 Å². The number of benzene rings is 1. The molecule has 1 aromatic rings. The minimum absolute atomic E-state index is 0.0636. The molecule has 0 aromatic heterocycles. The number of phenolic OH excluding ortho intramolecular Hbond substituents is 1. The number of carbonyl (C=O) groups is 1. The van der Waals surface area contributed by atoms with Crippen molar-refractivity contribution in [3.63, 3.8) is 0 Å². The van der Waals surface area contributed by atoms with E-state index in [1.54, 1.807) is 6.92 Å². The Morgan fingerprint density at radius 3 is 2.68 bits per heavy atom. The number of rotatable bonds is 6. The fourth-order valence-electron chi connectivity index (χ4n) is 1.69. The van der Waals surface area contributed by atoms with Gasteiger partial charge in [0.25, 0.3) is 11.6 Å². The molecule has 19 heavy (non-hydrogen) atoms. The molecular weight excluding hydrogens is 252 g/mol. The molecule has 0 saturated heterocycles. The first-order valence-electron chi connectivity index (χ1n) is 5.88. The molecule has 0 atom stereocenters. The van der Waals surface area contributed by atoms with Crippen molar-refractivity contribution in [2.75, 3.05) is 19.7 Å². The molecule has 0 aliphatic rings. The van der Waals surface area contributed by atoms with E-state index >= 15 is 0 Å². The van der Waals surface area contributed by atoms with Crippen LogP contribution in [0.2, 0.25) is 0 Å². The van der Waals surface area contributed by atoms with E-state index in [1.165, 1.54) is 11.0 Å². The summed E-state index contributed by atoms with van der Waals surface area (Å²) >= 11 is 0. The first-order chi connectivity index (χ1) is 9.01. The van der Waals surface area contributed by atoms with Crippen LogP contribution in [0.4, 0.5) is 5.69 Å². The van der Waals surface area contributed by atoms with Crippen molar-refractivity contribution >= 4 is 11.6 Å². The maximum Gasteiger partial charge on any atom is 0.282 e. The van der Waals surface area contributed by atoms with Gasteiger partial charge in [-0.3, -0.25) is 14.9 Å². The molecule has 0 fully saturated rings. The molecule has 0 heterocycles. The van der Waals surface area contributed by atoms with Crippen molar-refractivity contribution < 1.29 is 19.9 Å². The fraction of sp³-hybridized carbons (Fsp3) is 0.417. The van der Waals surface area contributed by atoms with Crippen molar-refractivity contribution in [1.29, 1.82) is 0 Å². The molecule has 7 heteroatoms. The zero-order chi connectivity index (χ0) is 14.4. The van der Waals surface area contributed by atoms with E-state index in [-0.39, 0.29) is 23.6 Å². The highest BCUT2D eigenvalue weighted by Gasteiger charge is 2.24. The number of nitrogens with zero attached hydrogens (tertiary/aromatic N) is 2. The van der Waals surface area contributed by atoms with Crippen LogP contribution < -0.4 is 0 Å². The zero-order valence-electron chi connectivity index (χ0n) is 10.6. The Kier molecular flexibility index (Phi) is 5.25. The number of phenols is 1. The normalized spacial score (nSPS) is 10.2. The van der Waals surface area contributed by atoms with E-state index < -0.39 is 10.8 Å². The highest BCUT2D eigenvalue weighted by atomic mass is 16.6. The molecular formula is C12H16N2O5. The third-order valence-electron chi connectivity index (χ3n) is 2.66. The monoisotopic (exact) mass is 268 g/mol. The van der Waals surface area contributed by atoms with E-state index in [0.717, 1.165) is 12.1 Å². The van der Waals surface area contributed by atoms with Gasteiger partial charge >= 0.3 is 0 Å². The lowest BCUT2D eigenvalue weighted by Crippen LogP contribution is -2.32. The maximum atomic E-state index is 12.2. The number of aliphatic hydroxyl groups is 1. The van der Waals surface area contributed by atoms with Gasteiger partial charge < -0.3 is 15.1 Å². The second-order valence-corrected chi connectivity index (χ2v) is 3.92. The summed E-state index contributed by atoms with van der Waals surface area (Å²) in [5.41, 5.74) is -0.491. The number of amides is 1. The summed E-state index contributed by atoms with van der Waals surface area (Å²) in [6, 6.07) is 3.35. The van der Waals surface area contributed by atoms with E-state index in [9.17, 15) is 20.0 Å². The average Bonchev–Trinajstić information content (AvgIpc) is 2.38. The van der Waals surface area contributed by atoms with Gasteiger partial charge in [-0.05, 0) is 25.5 Å². The Morgan fingerprint density at radius 2 is 2.16 bits per heavy atom. The molecule has 104 valence electrons. The Hall–Kier alpha value is -2.15. The third kappa shape index (κ3) is 3.65. The molecule has 0 aliphatic carbocycles. The number of nitro groups is 1. The van der Waals surface area contributed by atoms with E-state index in [0.29, 0.717) is 19.5 Å². The first-order valence-corrected chi connectivity index (χ1v) is 5.88. The minimum Gasteiger partial charge on any atom is -0.508 e. The van der Waals surface area contributed by atoms with Crippen LogP contribution in [0.15, 0.2) is 18.2 Å². The predicted octanol–water partition coefficient (Wildman–Crippen LogP) is 1.14. The maximum absolute atomic E-state index is 12.2. The molecule has 0 spiro atoms. The van der Waals surface area contributed by atoms with Gasteiger partial charge in [0.2, 0.25) is 0 Å². The second-order valence-electron chi connectivity index (χ2n) is 3.92. The Bertz CT molecular complexity index is 475. The smallest absolute Gasteiger partial charge is 0.282 e. The van der Waals surface area contributed by atoms with Gasteiger partial charge in [-0.2, -0.15) is 0 Å². The third-order valence-corrected chi connectivity index (χ3v) is 2.66. The Labute approximate surface area is 110 Å². The fourth-order valence-corrected chi connectivity index (χ4v) is 1.69. The summed E-state index contributed by atoms with van der Waals surface area (Å²) in [4.78, 5) is 23.8. The summed E-state index contributed by atoms with van der Waals surface area (Å²) < 4.78 is 0. The van der Waals surface area contributed by atoms with Crippen LogP contribution in [0, 0.1) is 10.1 Å². The first kappa shape index (κ1) is 14.9. The molecule has 0 saturated carbocycles. The van der Waals surface area contributed by atoms with Crippen LogP contribution in [0.1, 0.15) is 23.7 Å². The zero-order valence-corrected chi connectivity index (χ0v) is 10.6. The van der Waals surface area contributed by atoms with Gasteiger partial charge in [0.1, 0.15) is 11.3 Å². The van der Waals surface area contributed by atoms with Crippen LogP contribution in [-0.4, -0.2) is 45.6 Å². The second kappa shape index (κ2) is 6.69. The van der Waals surface area contributed by atoms with Crippen molar-refractivity contribution in [3.05, 3.63) is 33.9 Å². The summed E-state index contributed by atoms with van der Waals surface area (Å²) in [6.45, 7) is 2.35. The standard InChI is InChI=1S/C12H16N2O5/c1-2-13(6-3-7-15)12(17)10-8-9(16)4-5-11(10)14(18)19/h4-5,8,15-16H,2-3,6-7H2,1H3. The molecule has 0 radical (unpaired) electrons. The average molecular weight is 268 g/mol. The minimum atomic E-state index is -0.660. The van der Waals surface area contributed by atoms with E-state index in [2.05, 4.69) is 0 Å². The van der Waals surface area contributed by atoms with Crippen LogP contribution in [0.25, 0.3) is 0 Å². The number of aliphatic hydroxyl groups excluding tert-OH is 1. The van der Waals surface area contributed by atoms with Crippen molar-refractivity contribution in [3.8, 4) is 5.75 Å². The molecule has 1 rings (SSSR count). The molecule has 0 unspecified atom stereocenters. The van der Waals surface area contributed by atoms with Gasteiger partial charge in [0.15, 0.2) is 0 Å². The summed E-state index contributed by atoms with van der Waals surface area (Å²) in [5.74, 6) is -0.731. The molecule has 1 amide bonds. The number of carbonyl (C=O) groups excluding carboxylic acids is 1. The molecule has 7 nitrogen and oxygen atoms in total. The number of hydrogen-bond acceptors (Lipinski definition) is 5. The number of hydrogen-bond donors (Lipinski definition) is 2.